The molecule has 0 spiro atoms. The van der Waals surface area contributed by atoms with Gasteiger partial charge in [0.1, 0.15) is 15.1 Å². The van der Waals surface area contributed by atoms with Crippen LogP contribution in [0.15, 0.2) is 33.2 Å². The van der Waals surface area contributed by atoms with E-state index in [1.54, 1.807) is 11.6 Å². The molecule has 2 aromatic heterocycles. The Hall–Kier alpha value is -0.540. The van der Waals surface area contributed by atoms with Crippen LogP contribution in [0.25, 0.3) is 0 Å². The maximum atomic E-state index is 12.0. The van der Waals surface area contributed by atoms with E-state index in [0.29, 0.717) is 9.48 Å². The van der Waals surface area contributed by atoms with Gasteiger partial charge in [-0.25, -0.2) is 23.1 Å². The summed E-state index contributed by atoms with van der Waals surface area (Å²) < 4.78 is 27.0. The van der Waals surface area contributed by atoms with Crippen LogP contribution in [-0.4, -0.2) is 18.4 Å². The third-order valence-corrected chi connectivity index (χ3v) is 5.00. The molecule has 5 nitrogen and oxygen atoms in total. The number of nitrogens with one attached hydrogen (secondary N) is 1. The van der Waals surface area contributed by atoms with Crippen LogP contribution >= 0.6 is 38.9 Å². The number of sulfonamides is 1. The second-order valence-electron chi connectivity index (χ2n) is 3.19. The van der Waals surface area contributed by atoms with Gasteiger partial charge in [-0.1, -0.05) is 11.6 Å². The largest absolute Gasteiger partial charge is 0.248 e. The number of aromatic nitrogens is 2. The molecule has 2 rings (SSSR count). The van der Waals surface area contributed by atoms with E-state index >= 15 is 0 Å². The minimum atomic E-state index is -3.70. The van der Waals surface area contributed by atoms with Crippen molar-refractivity contribution in [2.45, 2.75) is 11.4 Å². The fourth-order valence-electron chi connectivity index (χ4n) is 1.17. The van der Waals surface area contributed by atoms with Gasteiger partial charge in [0.25, 0.3) is 0 Å². The molecule has 0 bridgehead atoms. The summed E-state index contributed by atoms with van der Waals surface area (Å²) in [6.45, 7) is 0.128. The first kappa shape index (κ1) is 13.9. The lowest BCUT2D eigenvalue weighted by atomic mass is 10.5. The van der Waals surface area contributed by atoms with E-state index in [0.717, 1.165) is 0 Å². The predicted octanol–water partition coefficient (Wildman–Crippen LogP) is 2.43. The van der Waals surface area contributed by atoms with Crippen LogP contribution in [0.1, 0.15) is 5.01 Å². The number of halogens is 2. The molecule has 0 unspecified atom stereocenters. The Morgan fingerprint density at radius 3 is 2.89 bits per heavy atom. The van der Waals surface area contributed by atoms with Crippen molar-refractivity contribution >= 4 is 48.9 Å². The van der Waals surface area contributed by atoms with E-state index in [4.69, 9.17) is 11.6 Å². The van der Waals surface area contributed by atoms with Crippen LogP contribution in [0, 0.1) is 0 Å². The van der Waals surface area contributed by atoms with Crippen LogP contribution in [0.3, 0.4) is 0 Å². The molecule has 2 aromatic rings. The molecule has 2 heterocycles. The standard InChI is InChI=1S/C9H7BrClN3O2S2/c10-6-3-7(9(11)13-4-6)18(15,16)14-5-8-12-1-2-17-8/h1-4,14H,5H2. The Bertz CT molecular complexity index is 646. The third kappa shape index (κ3) is 3.27. The van der Waals surface area contributed by atoms with Gasteiger partial charge in [-0.3, -0.25) is 0 Å². The van der Waals surface area contributed by atoms with Gasteiger partial charge in [0, 0.05) is 22.2 Å². The average molecular weight is 369 g/mol. The lowest BCUT2D eigenvalue weighted by molar-refractivity contribution is 0.580. The molecule has 96 valence electrons. The van der Waals surface area contributed by atoms with E-state index < -0.39 is 10.0 Å². The highest BCUT2D eigenvalue weighted by Gasteiger charge is 2.19. The molecule has 1 N–H and O–H groups in total. The van der Waals surface area contributed by atoms with Gasteiger partial charge in [-0.15, -0.1) is 11.3 Å². The fourth-order valence-corrected chi connectivity index (χ4v) is 3.74. The summed E-state index contributed by atoms with van der Waals surface area (Å²) in [6, 6.07) is 1.40. The van der Waals surface area contributed by atoms with Crippen LogP contribution < -0.4 is 4.72 Å². The summed E-state index contributed by atoms with van der Waals surface area (Å²) in [5.74, 6) is 0. The molecule has 0 saturated carbocycles. The molecule has 18 heavy (non-hydrogen) atoms. The lowest BCUT2D eigenvalue weighted by Gasteiger charge is -2.06. The minimum Gasteiger partial charge on any atom is -0.248 e. The molecule has 0 fully saturated rings. The maximum absolute atomic E-state index is 12.0. The van der Waals surface area contributed by atoms with Crippen molar-refractivity contribution in [1.82, 2.24) is 14.7 Å². The highest BCUT2D eigenvalue weighted by Crippen LogP contribution is 2.22. The van der Waals surface area contributed by atoms with E-state index in [1.807, 2.05) is 0 Å². The van der Waals surface area contributed by atoms with Gasteiger partial charge >= 0.3 is 0 Å². The maximum Gasteiger partial charge on any atom is 0.244 e. The monoisotopic (exact) mass is 367 g/mol. The van der Waals surface area contributed by atoms with Crippen molar-refractivity contribution in [2.75, 3.05) is 0 Å². The predicted molar refractivity (Wildman–Crippen MR) is 73.1 cm³/mol. The molecule has 0 saturated heterocycles. The first-order chi connectivity index (χ1) is 8.49. The van der Waals surface area contributed by atoms with E-state index in [1.165, 1.54) is 23.6 Å². The Morgan fingerprint density at radius 2 is 2.22 bits per heavy atom. The summed E-state index contributed by atoms with van der Waals surface area (Å²) in [6.07, 6.45) is 3.05. The molecule has 0 aliphatic carbocycles. The van der Waals surface area contributed by atoms with Crippen LogP contribution in [-0.2, 0) is 16.6 Å². The van der Waals surface area contributed by atoms with E-state index in [2.05, 4.69) is 30.6 Å². The highest BCUT2D eigenvalue weighted by molar-refractivity contribution is 9.10. The molecule has 0 aliphatic rings. The summed E-state index contributed by atoms with van der Waals surface area (Å²) in [7, 11) is -3.70. The summed E-state index contributed by atoms with van der Waals surface area (Å²) in [4.78, 5) is 7.70. The number of nitrogens with zero attached hydrogens (tertiary/aromatic N) is 2. The first-order valence-corrected chi connectivity index (χ1v) is 8.21. The fraction of sp³-hybridized carbons (Fsp3) is 0.111. The third-order valence-electron chi connectivity index (χ3n) is 1.96. The molecule has 9 heteroatoms. The number of rotatable bonds is 4. The van der Waals surface area contributed by atoms with Crippen LogP contribution in [0.5, 0.6) is 0 Å². The SMILES string of the molecule is O=S(=O)(NCc1nccs1)c1cc(Br)cnc1Cl. The van der Waals surface area contributed by atoms with Crippen LogP contribution in [0.2, 0.25) is 5.15 Å². The smallest absolute Gasteiger partial charge is 0.244 e. The minimum absolute atomic E-state index is 0.0601. The molecule has 0 atom stereocenters. The lowest BCUT2D eigenvalue weighted by Crippen LogP contribution is -2.23. The molecular weight excluding hydrogens is 362 g/mol. The molecule has 0 aromatic carbocycles. The number of hydrogen-bond acceptors (Lipinski definition) is 5. The van der Waals surface area contributed by atoms with Gasteiger partial charge in [-0.2, -0.15) is 0 Å². The van der Waals surface area contributed by atoms with Crippen molar-refractivity contribution in [3.63, 3.8) is 0 Å². The van der Waals surface area contributed by atoms with Crippen molar-refractivity contribution in [2.24, 2.45) is 0 Å². The van der Waals surface area contributed by atoms with Crippen molar-refractivity contribution < 1.29 is 8.42 Å². The van der Waals surface area contributed by atoms with Gasteiger partial charge in [-0.05, 0) is 22.0 Å². The van der Waals surface area contributed by atoms with E-state index in [-0.39, 0.29) is 16.6 Å². The zero-order chi connectivity index (χ0) is 13.2. The zero-order valence-electron chi connectivity index (χ0n) is 8.80. The molecule has 0 amide bonds. The van der Waals surface area contributed by atoms with Crippen molar-refractivity contribution in [3.8, 4) is 0 Å². The summed E-state index contributed by atoms with van der Waals surface area (Å²) in [5.41, 5.74) is 0. The quantitative estimate of drug-likeness (QED) is 0.841. The van der Waals surface area contributed by atoms with E-state index in [9.17, 15) is 8.42 Å². The second kappa shape index (κ2) is 5.62. The van der Waals surface area contributed by atoms with Crippen molar-refractivity contribution in [1.29, 1.82) is 0 Å². The number of pyridine rings is 1. The summed E-state index contributed by atoms with van der Waals surface area (Å²) >= 11 is 10.3. The molecule has 0 aliphatic heterocycles. The Kier molecular flexibility index (Phi) is 4.33. The Labute approximate surface area is 121 Å². The topological polar surface area (TPSA) is 72.0 Å². The van der Waals surface area contributed by atoms with Gasteiger partial charge in [0.05, 0.1) is 6.54 Å². The zero-order valence-corrected chi connectivity index (χ0v) is 12.8. The number of hydrogen-bond donors (Lipinski definition) is 1. The van der Waals surface area contributed by atoms with Gasteiger partial charge in [0.15, 0.2) is 0 Å². The normalized spacial score (nSPS) is 11.7. The van der Waals surface area contributed by atoms with Gasteiger partial charge < -0.3 is 0 Å². The van der Waals surface area contributed by atoms with Crippen LogP contribution in [0.4, 0.5) is 0 Å². The highest BCUT2D eigenvalue weighted by atomic mass is 79.9. The molecular formula is C9H7BrClN3O2S2. The Balaban J connectivity index is 2.22. The molecule has 0 radical (unpaired) electrons. The van der Waals surface area contributed by atoms with Crippen molar-refractivity contribution in [3.05, 3.63) is 38.5 Å². The second-order valence-corrected chi connectivity index (χ2v) is 7.18. The Morgan fingerprint density at radius 1 is 1.44 bits per heavy atom. The number of thiazole rings is 1. The average Bonchev–Trinajstić information content (AvgIpc) is 2.83. The first-order valence-electron chi connectivity index (χ1n) is 4.68. The van der Waals surface area contributed by atoms with Gasteiger partial charge in [0.2, 0.25) is 10.0 Å². The summed E-state index contributed by atoms with van der Waals surface area (Å²) in [5, 5.41) is 2.39.